The first-order valence-electron chi connectivity index (χ1n) is 8.38. The molecule has 0 radical (unpaired) electrons. The van der Waals surface area contributed by atoms with Gasteiger partial charge < -0.3 is 19.4 Å². The highest BCUT2D eigenvalue weighted by atomic mass is 16.5. The molecule has 0 amide bonds. The summed E-state index contributed by atoms with van der Waals surface area (Å²) >= 11 is 0. The predicted molar refractivity (Wildman–Crippen MR) is 96.7 cm³/mol. The van der Waals surface area contributed by atoms with Gasteiger partial charge in [0.15, 0.2) is 0 Å². The molecular formula is C19H24N2O4. The molecule has 0 unspecified atom stereocenters. The van der Waals surface area contributed by atoms with Crippen molar-refractivity contribution in [1.29, 1.82) is 0 Å². The van der Waals surface area contributed by atoms with E-state index in [4.69, 9.17) is 4.74 Å². The third-order valence-electron chi connectivity index (χ3n) is 3.66. The summed E-state index contributed by atoms with van der Waals surface area (Å²) in [6, 6.07) is 0. The number of carbonyl (C=O) groups excluding carboxylic acids is 1. The van der Waals surface area contributed by atoms with Gasteiger partial charge in [0.25, 0.3) is 5.56 Å². The number of ether oxygens (including phenoxy) is 1. The fourth-order valence-electron chi connectivity index (χ4n) is 2.66. The molecule has 2 N–H and O–H groups in total. The molecule has 2 aromatic heterocycles. The van der Waals surface area contributed by atoms with Crippen LogP contribution in [0.3, 0.4) is 0 Å². The van der Waals surface area contributed by atoms with Gasteiger partial charge in [-0.1, -0.05) is 18.8 Å². The van der Waals surface area contributed by atoms with Crippen molar-refractivity contribution in [3.05, 3.63) is 33.4 Å². The fourth-order valence-corrected chi connectivity index (χ4v) is 2.66. The van der Waals surface area contributed by atoms with Gasteiger partial charge in [-0.05, 0) is 34.1 Å². The second-order valence-electron chi connectivity index (χ2n) is 6.45. The van der Waals surface area contributed by atoms with E-state index in [1.54, 1.807) is 38.5 Å². The Morgan fingerprint density at radius 2 is 2.08 bits per heavy atom. The molecule has 0 bridgehead atoms. The molecule has 2 heterocycles. The minimum absolute atomic E-state index is 0.204. The van der Waals surface area contributed by atoms with Gasteiger partial charge in [0.2, 0.25) is 0 Å². The van der Waals surface area contributed by atoms with E-state index in [0.29, 0.717) is 34.3 Å². The number of hydrogen-bond donors (Lipinski definition) is 2. The Bertz CT molecular complexity index is 917. The van der Waals surface area contributed by atoms with Crippen molar-refractivity contribution >= 4 is 16.9 Å². The maximum Gasteiger partial charge on any atom is 0.340 e. The summed E-state index contributed by atoms with van der Waals surface area (Å²) in [6.07, 6.45) is 2.43. The topological polar surface area (TPSA) is 84.3 Å². The smallest absolute Gasteiger partial charge is 0.340 e. The minimum atomic E-state index is -1.19. The van der Waals surface area contributed by atoms with Crippen LogP contribution in [-0.2, 0) is 11.3 Å². The second kappa shape index (κ2) is 7.16. The van der Waals surface area contributed by atoms with E-state index in [9.17, 15) is 14.7 Å². The van der Waals surface area contributed by atoms with Gasteiger partial charge in [0, 0.05) is 23.8 Å². The monoisotopic (exact) mass is 344 g/mol. The van der Waals surface area contributed by atoms with E-state index in [1.165, 1.54) is 0 Å². The Morgan fingerprint density at radius 3 is 2.64 bits per heavy atom. The van der Waals surface area contributed by atoms with Crippen molar-refractivity contribution in [2.75, 3.05) is 6.61 Å². The van der Waals surface area contributed by atoms with E-state index in [-0.39, 0.29) is 12.2 Å². The number of esters is 1. The van der Waals surface area contributed by atoms with Gasteiger partial charge in [-0.2, -0.15) is 0 Å². The van der Waals surface area contributed by atoms with Gasteiger partial charge in [-0.25, -0.2) is 4.79 Å². The number of fused-ring (bicyclic) bond motifs is 1. The third kappa shape index (κ3) is 3.94. The van der Waals surface area contributed by atoms with Gasteiger partial charge in [-0.15, -0.1) is 0 Å². The summed E-state index contributed by atoms with van der Waals surface area (Å²) in [4.78, 5) is 28.1. The van der Waals surface area contributed by atoms with E-state index in [2.05, 4.69) is 16.8 Å². The average Bonchev–Trinajstić information content (AvgIpc) is 2.86. The van der Waals surface area contributed by atoms with Crippen LogP contribution in [0.5, 0.6) is 0 Å². The molecule has 0 aliphatic rings. The number of aryl methyl sites for hydroxylation is 2. The van der Waals surface area contributed by atoms with Crippen LogP contribution in [-0.4, -0.2) is 32.8 Å². The number of aromatic amines is 1. The molecule has 0 atom stereocenters. The summed E-state index contributed by atoms with van der Waals surface area (Å²) < 4.78 is 6.70. The number of nitrogens with zero attached hydrogens (tertiary/aromatic N) is 1. The van der Waals surface area contributed by atoms with Crippen LogP contribution < -0.4 is 5.56 Å². The van der Waals surface area contributed by atoms with Crippen molar-refractivity contribution < 1.29 is 14.6 Å². The molecule has 2 aromatic rings. The quantitative estimate of drug-likeness (QED) is 0.659. The molecule has 6 nitrogen and oxygen atoms in total. The predicted octanol–water partition coefficient (Wildman–Crippen LogP) is 2.35. The Hall–Kier alpha value is -2.52. The highest BCUT2D eigenvalue weighted by Crippen LogP contribution is 2.24. The van der Waals surface area contributed by atoms with Crippen LogP contribution in [0.2, 0.25) is 0 Å². The molecule has 2 rings (SSSR count). The van der Waals surface area contributed by atoms with Gasteiger partial charge >= 0.3 is 5.97 Å². The molecular weight excluding hydrogens is 320 g/mol. The van der Waals surface area contributed by atoms with Crippen LogP contribution >= 0.6 is 0 Å². The maximum atomic E-state index is 12.7. The minimum Gasteiger partial charge on any atom is -0.462 e. The number of aliphatic hydroxyl groups is 1. The fraction of sp³-hybridized carbons (Fsp3) is 0.474. The van der Waals surface area contributed by atoms with Crippen molar-refractivity contribution in [1.82, 2.24) is 9.55 Å². The molecule has 0 saturated heterocycles. The molecule has 25 heavy (non-hydrogen) atoms. The highest BCUT2D eigenvalue weighted by Gasteiger charge is 2.22. The number of carbonyl (C=O) groups is 1. The van der Waals surface area contributed by atoms with Crippen molar-refractivity contribution in [2.24, 2.45) is 0 Å². The third-order valence-corrected chi connectivity index (χ3v) is 3.66. The van der Waals surface area contributed by atoms with Crippen LogP contribution in [0.4, 0.5) is 0 Å². The molecule has 134 valence electrons. The van der Waals surface area contributed by atoms with Crippen LogP contribution in [0.1, 0.15) is 55.7 Å². The Labute approximate surface area is 146 Å². The molecule has 0 fully saturated rings. The zero-order valence-electron chi connectivity index (χ0n) is 15.3. The molecule has 0 aromatic carbocycles. The Morgan fingerprint density at radius 1 is 1.40 bits per heavy atom. The van der Waals surface area contributed by atoms with E-state index < -0.39 is 11.6 Å². The van der Waals surface area contributed by atoms with E-state index in [0.717, 1.165) is 6.42 Å². The van der Waals surface area contributed by atoms with E-state index in [1.807, 2.05) is 6.92 Å². The lowest BCUT2D eigenvalue weighted by molar-refractivity contribution is 0.0528. The van der Waals surface area contributed by atoms with Crippen molar-refractivity contribution in [3.8, 4) is 11.8 Å². The number of rotatable bonds is 4. The Balaban J connectivity index is 2.86. The lowest BCUT2D eigenvalue weighted by Crippen LogP contribution is -2.21. The summed E-state index contributed by atoms with van der Waals surface area (Å²) in [5.74, 6) is 5.17. The SMILES string of the molecule is CCCn1cc(C#CC(C)(C)O)c2c(C(=O)OCC)c(C)[nH]c2c1=O. The normalized spacial score (nSPS) is 11.3. The summed E-state index contributed by atoms with van der Waals surface area (Å²) in [7, 11) is 0. The molecule has 0 saturated carbocycles. The maximum absolute atomic E-state index is 12.7. The molecule has 0 aliphatic carbocycles. The lowest BCUT2D eigenvalue weighted by atomic mass is 10.1. The lowest BCUT2D eigenvalue weighted by Gasteiger charge is -2.09. The summed E-state index contributed by atoms with van der Waals surface area (Å²) in [6.45, 7) is 9.36. The summed E-state index contributed by atoms with van der Waals surface area (Å²) in [5, 5.41) is 10.4. The molecule has 0 aliphatic heterocycles. The van der Waals surface area contributed by atoms with E-state index >= 15 is 0 Å². The van der Waals surface area contributed by atoms with Gasteiger partial charge in [-0.3, -0.25) is 4.79 Å². The number of nitrogens with one attached hydrogen (secondary N) is 1. The number of hydrogen-bond acceptors (Lipinski definition) is 4. The van der Waals surface area contributed by atoms with Crippen LogP contribution in [0.25, 0.3) is 10.9 Å². The van der Waals surface area contributed by atoms with Gasteiger partial charge in [0.1, 0.15) is 11.1 Å². The number of pyridine rings is 1. The first-order chi connectivity index (χ1) is 11.7. The van der Waals surface area contributed by atoms with Crippen LogP contribution in [0, 0.1) is 18.8 Å². The summed E-state index contributed by atoms with van der Waals surface area (Å²) in [5.41, 5.74) is 0.329. The molecule has 0 spiro atoms. The van der Waals surface area contributed by atoms with Crippen LogP contribution in [0.15, 0.2) is 11.0 Å². The second-order valence-corrected chi connectivity index (χ2v) is 6.45. The number of H-pyrrole nitrogens is 1. The zero-order chi connectivity index (χ0) is 18.8. The number of aromatic nitrogens is 2. The molecule has 6 heteroatoms. The van der Waals surface area contributed by atoms with Gasteiger partial charge in [0.05, 0.1) is 17.7 Å². The Kier molecular flexibility index (Phi) is 5.39. The first-order valence-corrected chi connectivity index (χ1v) is 8.38. The average molecular weight is 344 g/mol. The standard InChI is InChI=1S/C19H24N2O4/c1-6-10-21-11-13(8-9-19(4,5)24)15-14(18(23)25-7-2)12(3)20-16(15)17(21)22/h11,20,24H,6-7,10H2,1-5H3. The van der Waals surface area contributed by atoms with Crippen molar-refractivity contribution in [3.63, 3.8) is 0 Å². The zero-order valence-corrected chi connectivity index (χ0v) is 15.3. The highest BCUT2D eigenvalue weighted by molar-refractivity contribution is 6.07. The van der Waals surface area contributed by atoms with Crippen molar-refractivity contribution in [2.45, 2.75) is 53.2 Å². The first kappa shape index (κ1) is 18.8. The largest absolute Gasteiger partial charge is 0.462 e.